The number of hydrogen-bond donors (Lipinski definition) is 2. The first kappa shape index (κ1) is 14.7. The minimum absolute atomic E-state index is 0.0706. The van der Waals surface area contributed by atoms with Gasteiger partial charge in [-0.1, -0.05) is 0 Å². The van der Waals surface area contributed by atoms with Crippen molar-refractivity contribution in [2.24, 2.45) is 0 Å². The molecule has 5 nitrogen and oxygen atoms in total. The van der Waals surface area contributed by atoms with Gasteiger partial charge in [0, 0.05) is 12.6 Å². The van der Waals surface area contributed by atoms with Crippen LogP contribution in [0.4, 0.5) is 10.1 Å². The Bertz CT molecular complexity index is 505. The predicted molar refractivity (Wildman–Crippen MR) is 68.9 cm³/mol. The van der Waals surface area contributed by atoms with Crippen LogP contribution in [0.5, 0.6) is 5.75 Å². The van der Waals surface area contributed by atoms with Crippen molar-refractivity contribution < 1.29 is 17.5 Å². The Balaban J connectivity index is 2.88. The lowest BCUT2D eigenvalue weighted by molar-refractivity contribution is 0.386. The van der Waals surface area contributed by atoms with Crippen molar-refractivity contribution in [3.8, 4) is 5.75 Å². The van der Waals surface area contributed by atoms with Gasteiger partial charge in [0.15, 0.2) is 11.6 Å². The van der Waals surface area contributed by atoms with Gasteiger partial charge in [0.25, 0.3) is 0 Å². The summed E-state index contributed by atoms with van der Waals surface area (Å²) in [6.07, 6.45) is 0. The van der Waals surface area contributed by atoms with Crippen LogP contribution < -0.4 is 14.8 Å². The molecular weight excluding hydrogens is 259 g/mol. The first-order chi connectivity index (χ1) is 8.40. The van der Waals surface area contributed by atoms with Gasteiger partial charge in [-0.05, 0) is 26.1 Å². The van der Waals surface area contributed by atoms with Crippen molar-refractivity contribution in [2.75, 3.05) is 25.4 Å². The number of rotatable bonds is 6. The zero-order valence-electron chi connectivity index (χ0n) is 10.5. The average molecular weight is 276 g/mol. The molecule has 1 aromatic carbocycles. The molecule has 0 bridgehead atoms. The molecule has 2 N–H and O–H groups in total. The van der Waals surface area contributed by atoms with E-state index in [2.05, 4.69) is 10.0 Å². The van der Waals surface area contributed by atoms with Crippen LogP contribution in [0.2, 0.25) is 0 Å². The summed E-state index contributed by atoms with van der Waals surface area (Å²) < 4.78 is 44.2. The van der Waals surface area contributed by atoms with Crippen LogP contribution in [0.25, 0.3) is 0 Å². The average Bonchev–Trinajstić information content (AvgIpc) is 2.29. The maximum Gasteiger partial charge on any atom is 0.236 e. The molecule has 1 rings (SSSR count). The second-order valence-corrected chi connectivity index (χ2v) is 5.96. The summed E-state index contributed by atoms with van der Waals surface area (Å²) in [6, 6.07) is 3.91. The Morgan fingerprint density at radius 3 is 2.61 bits per heavy atom. The van der Waals surface area contributed by atoms with Gasteiger partial charge in [-0.2, -0.15) is 0 Å². The number of sulfonamides is 1. The van der Waals surface area contributed by atoms with Gasteiger partial charge < -0.3 is 10.1 Å². The third-order valence-corrected chi connectivity index (χ3v) is 4.18. The summed E-state index contributed by atoms with van der Waals surface area (Å²) in [5, 5.41) is 2.16. The molecule has 0 aromatic heterocycles. The minimum atomic E-state index is -3.53. The highest BCUT2D eigenvalue weighted by molar-refractivity contribution is 7.93. The Hall–Kier alpha value is -1.34. The zero-order chi connectivity index (χ0) is 13.8. The Morgan fingerprint density at radius 2 is 2.11 bits per heavy atom. The third-order valence-electron chi connectivity index (χ3n) is 2.43. The maximum absolute atomic E-state index is 13.4. The fourth-order valence-corrected chi connectivity index (χ4v) is 2.43. The number of methoxy groups -OCH3 is 1. The lowest BCUT2D eigenvalue weighted by Gasteiger charge is -2.14. The molecule has 0 spiro atoms. The number of nitrogens with one attached hydrogen (secondary N) is 2. The molecule has 0 amide bonds. The van der Waals surface area contributed by atoms with E-state index >= 15 is 0 Å². The SMILES string of the molecule is CNCC(C)S(=O)(=O)Nc1ccc(OC)c(F)c1. The number of halogens is 1. The van der Waals surface area contributed by atoms with Crippen LogP contribution in [0.3, 0.4) is 0 Å². The third kappa shape index (κ3) is 3.58. The van der Waals surface area contributed by atoms with Crippen molar-refractivity contribution in [3.63, 3.8) is 0 Å². The molecule has 102 valence electrons. The molecule has 18 heavy (non-hydrogen) atoms. The van der Waals surface area contributed by atoms with Gasteiger partial charge in [-0.15, -0.1) is 0 Å². The monoisotopic (exact) mass is 276 g/mol. The lowest BCUT2D eigenvalue weighted by Crippen LogP contribution is -2.33. The van der Waals surface area contributed by atoms with E-state index < -0.39 is 21.1 Å². The second kappa shape index (κ2) is 6.01. The first-order valence-electron chi connectivity index (χ1n) is 5.40. The molecule has 0 saturated heterocycles. The number of ether oxygens (including phenoxy) is 1. The van der Waals surface area contributed by atoms with Crippen LogP contribution >= 0.6 is 0 Å². The molecule has 0 aliphatic rings. The lowest BCUT2D eigenvalue weighted by atomic mass is 10.3. The summed E-state index contributed by atoms with van der Waals surface area (Å²) >= 11 is 0. The smallest absolute Gasteiger partial charge is 0.236 e. The van der Waals surface area contributed by atoms with Crippen molar-refractivity contribution in [2.45, 2.75) is 12.2 Å². The maximum atomic E-state index is 13.4. The van der Waals surface area contributed by atoms with Gasteiger partial charge in [-0.25, -0.2) is 12.8 Å². The topological polar surface area (TPSA) is 67.4 Å². The Labute approximate surface area is 106 Å². The largest absolute Gasteiger partial charge is 0.494 e. The molecule has 0 aliphatic carbocycles. The Morgan fingerprint density at radius 1 is 1.44 bits per heavy atom. The van der Waals surface area contributed by atoms with Crippen molar-refractivity contribution in [1.29, 1.82) is 0 Å². The summed E-state index contributed by atoms with van der Waals surface area (Å²) in [5.74, 6) is -0.541. The van der Waals surface area contributed by atoms with Crippen molar-refractivity contribution in [1.82, 2.24) is 5.32 Å². The highest BCUT2D eigenvalue weighted by Crippen LogP contribution is 2.21. The van der Waals surface area contributed by atoms with Gasteiger partial charge in [0.2, 0.25) is 10.0 Å². The predicted octanol–water partition coefficient (Wildman–Crippen LogP) is 1.18. The fourth-order valence-electron chi connectivity index (χ4n) is 1.39. The molecule has 1 unspecified atom stereocenters. The normalized spacial score (nSPS) is 13.1. The van der Waals surface area contributed by atoms with E-state index in [1.807, 2.05) is 0 Å². The molecule has 0 radical (unpaired) electrons. The van der Waals surface area contributed by atoms with Gasteiger partial charge >= 0.3 is 0 Å². The van der Waals surface area contributed by atoms with Gasteiger partial charge in [-0.3, -0.25) is 4.72 Å². The standard InChI is InChI=1S/C11H17FN2O3S/c1-8(7-13-2)18(15,16)14-9-4-5-11(17-3)10(12)6-9/h4-6,8,13-14H,7H2,1-3H3. The summed E-state index contributed by atoms with van der Waals surface area (Å²) in [5.41, 5.74) is 0.177. The molecule has 0 heterocycles. The summed E-state index contributed by atoms with van der Waals surface area (Å²) in [7, 11) is -0.522. The zero-order valence-corrected chi connectivity index (χ0v) is 11.3. The van der Waals surface area contributed by atoms with E-state index in [-0.39, 0.29) is 11.4 Å². The quantitative estimate of drug-likeness (QED) is 0.819. The van der Waals surface area contributed by atoms with E-state index in [1.54, 1.807) is 14.0 Å². The van der Waals surface area contributed by atoms with Crippen LogP contribution in [0.1, 0.15) is 6.92 Å². The summed E-state index contributed by atoms with van der Waals surface area (Å²) in [6.45, 7) is 1.88. The molecule has 7 heteroatoms. The highest BCUT2D eigenvalue weighted by Gasteiger charge is 2.20. The fraction of sp³-hybridized carbons (Fsp3) is 0.455. The number of hydrogen-bond acceptors (Lipinski definition) is 4. The van der Waals surface area contributed by atoms with E-state index in [0.717, 1.165) is 6.07 Å². The molecule has 0 fully saturated rings. The Kier molecular flexibility index (Phi) is 4.92. The van der Waals surface area contributed by atoms with E-state index in [4.69, 9.17) is 4.74 Å². The van der Waals surface area contributed by atoms with Crippen molar-refractivity contribution >= 4 is 15.7 Å². The van der Waals surface area contributed by atoms with Crippen LogP contribution in [0, 0.1) is 5.82 Å². The molecule has 1 aromatic rings. The van der Waals surface area contributed by atoms with Gasteiger partial charge in [0.1, 0.15) is 0 Å². The molecule has 0 saturated carbocycles. The first-order valence-corrected chi connectivity index (χ1v) is 6.95. The second-order valence-electron chi connectivity index (χ2n) is 3.86. The van der Waals surface area contributed by atoms with E-state index in [0.29, 0.717) is 6.54 Å². The van der Waals surface area contributed by atoms with Gasteiger partial charge in [0.05, 0.1) is 18.0 Å². The number of benzene rings is 1. The van der Waals surface area contributed by atoms with Crippen LogP contribution in [0.15, 0.2) is 18.2 Å². The van der Waals surface area contributed by atoms with Crippen molar-refractivity contribution in [3.05, 3.63) is 24.0 Å². The van der Waals surface area contributed by atoms with E-state index in [1.165, 1.54) is 19.2 Å². The minimum Gasteiger partial charge on any atom is -0.494 e. The van der Waals surface area contributed by atoms with Crippen LogP contribution in [-0.4, -0.2) is 34.4 Å². The number of anilines is 1. The highest BCUT2D eigenvalue weighted by atomic mass is 32.2. The van der Waals surface area contributed by atoms with Crippen LogP contribution in [-0.2, 0) is 10.0 Å². The summed E-state index contributed by atoms with van der Waals surface area (Å²) in [4.78, 5) is 0. The molecule has 1 atom stereocenters. The molecular formula is C11H17FN2O3S. The van der Waals surface area contributed by atoms with E-state index in [9.17, 15) is 12.8 Å². The molecule has 0 aliphatic heterocycles.